The Morgan fingerprint density at radius 2 is 1.03 bits per heavy atom. The Morgan fingerprint density at radius 1 is 0.552 bits per heavy atom. The summed E-state index contributed by atoms with van der Waals surface area (Å²) in [5.41, 5.74) is 0. The van der Waals surface area contributed by atoms with E-state index in [1.54, 1.807) is 0 Å². The summed E-state index contributed by atoms with van der Waals surface area (Å²) in [6.07, 6.45) is 46.0. The molecule has 1 atom stereocenters. The third kappa shape index (κ3) is 43.1. The van der Waals surface area contributed by atoms with E-state index in [-0.39, 0.29) is 18.9 Å². The number of unbranched alkanes of at least 4 members (excludes halogenated alkanes) is 22. The van der Waals surface area contributed by atoms with Gasteiger partial charge in [0.1, 0.15) is 6.29 Å². The van der Waals surface area contributed by atoms with E-state index in [0.29, 0.717) is 13.0 Å². The maximum atomic E-state index is 12.3. The molecule has 0 aromatic carbocycles. The molecule has 0 saturated carbocycles. The molecule has 0 heterocycles. The summed E-state index contributed by atoms with van der Waals surface area (Å²) in [5.74, 6) is -0.0402. The quantitative estimate of drug-likeness (QED) is 0.0215. The van der Waals surface area contributed by atoms with Gasteiger partial charge in [-0.05, 0) is 129 Å². The number of aliphatic hydroxyl groups is 1. The summed E-state index contributed by atoms with van der Waals surface area (Å²) in [7, 11) is -2.27. The third-order valence-electron chi connectivity index (χ3n) is 10.9. The minimum absolute atomic E-state index is 0.0402. The largest absolute Gasteiger partial charge is 0.466 e. The van der Waals surface area contributed by atoms with Gasteiger partial charge in [-0.25, -0.2) is 0 Å². The summed E-state index contributed by atoms with van der Waals surface area (Å²) >= 11 is 0. The van der Waals surface area contributed by atoms with Gasteiger partial charge >= 0.3 is 14.5 Å². The zero-order valence-electron chi connectivity index (χ0n) is 39.4. The Kier molecular flexibility index (Phi) is 44.7. The minimum atomic E-state index is -2.27. The molecule has 0 amide bonds. The average Bonchev–Trinajstić information content (AvgIpc) is 3.20. The van der Waals surface area contributed by atoms with Gasteiger partial charge in [0.2, 0.25) is 0 Å². The van der Waals surface area contributed by atoms with Gasteiger partial charge in [-0.2, -0.15) is 0 Å². The normalized spacial score (nSPS) is 12.8. The van der Waals surface area contributed by atoms with Crippen molar-refractivity contribution in [3.05, 3.63) is 24.3 Å². The molecule has 0 aromatic heterocycles. The number of carbonyl (C=O) groups excluding carboxylic acids is 1. The van der Waals surface area contributed by atoms with Crippen LogP contribution in [0.2, 0.25) is 13.1 Å². The molecule has 1 unspecified atom stereocenters. The molecule has 0 aliphatic rings. The molecular weight excluding hydrogens is 739 g/mol. The second kappa shape index (κ2) is 45.5. The lowest BCUT2D eigenvalue weighted by Gasteiger charge is -2.29. The summed E-state index contributed by atoms with van der Waals surface area (Å²) in [6.45, 7) is 16.6. The molecule has 58 heavy (non-hydrogen) atoms. The molecule has 0 spiro atoms. The van der Waals surface area contributed by atoms with Crippen molar-refractivity contribution in [3.8, 4) is 0 Å². The second-order valence-corrected chi connectivity index (χ2v) is 20.6. The van der Waals surface area contributed by atoms with Crippen LogP contribution in [0.5, 0.6) is 0 Å². The first-order chi connectivity index (χ1) is 28.4. The van der Waals surface area contributed by atoms with Crippen molar-refractivity contribution >= 4 is 14.5 Å². The molecule has 0 fully saturated rings. The lowest BCUT2D eigenvalue weighted by Crippen LogP contribution is -2.40. The van der Waals surface area contributed by atoms with E-state index < -0.39 is 8.56 Å². The van der Waals surface area contributed by atoms with E-state index in [2.05, 4.69) is 63.1 Å². The highest BCUT2D eigenvalue weighted by molar-refractivity contribution is 6.64. The van der Waals surface area contributed by atoms with Crippen molar-refractivity contribution < 1.29 is 28.2 Å². The highest BCUT2D eigenvalue weighted by Crippen LogP contribution is 2.19. The lowest BCUT2D eigenvalue weighted by molar-refractivity contribution is -0.143. The van der Waals surface area contributed by atoms with Gasteiger partial charge in [0.05, 0.1) is 6.61 Å². The molecule has 344 valence electrons. The predicted octanol–water partition coefficient (Wildman–Crippen LogP) is 14.6. The number of hydrogen-bond donors (Lipinski definition) is 1. The molecule has 7 nitrogen and oxygen atoms in total. The number of rotatable bonds is 47. The van der Waals surface area contributed by atoms with E-state index >= 15 is 0 Å². The molecule has 0 aromatic rings. The van der Waals surface area contributed by atoms with Crippen molar-refractivity contribution in [2.24, 2.45) is 0 Å². The van der Waals surface area contributed by atoms with Crippen LogP contribution >= 0.6 is 0 Å². The SMILES string of the molecule is CCCCC/C=C\C/C=C\CCCCCCCC(=O)OCCCCN(CCCCO)CCCCCCO[Si](C)(C)OC(CCCCCCC)OCCCCCCCC. The van der Waals surface area contributed by atoms with Crippen LogP contribution in [-0.2, 0) is 23.1 Å². The first-order valence-electron chi connectivity index (χ1n) is 25.1. The van der Waals surface area contributed by atoms with Crippen LogP contribution in [-0.4, -0.2) is 76.9 Å². The molecule has 1 N–H and O–H groups in total. The molecule has 0 aliphatic carbocycles. The molecular formula is C50H99NO6Si. The van der Waals surface area contributed by atoms with E-state index in [0.717, 1.165) is 116 Å². The van der Waals surface area contributed by atoms with E-state index in [1.165, 1.54) is 116 Å². The summed E-state index contributed by atoms with van der Waals surface area (Å²) < 4.78 is 24.8. The number of esters is 1. The maximum absolute atomic E-state index is 12.3. The summed E-state index contributed by atoms with van der Waals surface area (Å²) in [6, 6.07) is 0. The van der Waals surface area contributed by atoms with Crippen LogP contribution in [0.1, 0.15) is 226 Å². The van der Waals surface area contributed by atoms with Crippen molar-refractivity contribution in [3.63, 3.8) is 0 Å². The molecule has 0 rings (SSSR count). The first kappa shape index (κ1) is 57.0. The second-order valence-electron chi connectivity index (χ2n) is 17.2. The van der Waals surface area contributed by atoms with Gasteiger partial charge in [0.25, 0.3) is 0 Å². The highest BCUT2D eigenvalue weighted by Gasteiger charge is 2.29. The predicted molar refractivity (Wildman–Crippen MR) is 252 cm³/mol. The van der Waals surface area contributed by atoms with Gasteiger partial charge in [0.15, 0.2) is 0 Å². The Morgan fingerprint density at radius 3 is 1.69 bits per heavy atom. The van der Waals surface area contributed by atoms with Crippen molar-refractivity contribution in [1.29, 1.82) is 0 Å². The van der Waals surface area contributed by atoms with Crippen molar-refractivity contribution in [2.75, 3.05) is 46.1 Å². The fourth-order valence-corrected chi connectivity index (χ4v) is 8.73. The fraction of sp³-hybridized carbons (Fsp3) is 0.900. The van der Waals surface area contributed by atoms with Crippen LogP contribution < -0.4 is 0 Å². The van der Waals surface area contributed by atoms with Gasteiger partial charge in [-0.15, -0.1) is 0 Å². The van der Waals surface area contributed by atoms with Crippen LogP contribution in [0, 0.1) is 0 Å². The van der Waals surface area contributed by atoms with Gasteiger partial charge in [-0.1, -0.05) is 148 Å². The zero-order chi connectivity index (χ0) is 42.5. The lowest BCUT2D eigenvalue weighted by atomic mass is 10.1. The maximum Gasteiger partial charge on any atom is 0.333 e. The molecule has 8 heteroatoms. The Balaban J connectivity index is 4.16. The smallest absolute Gasteiger partial charge is 0.333 e. The van der Waals surface area contributed by atoms with Crippen LogP contribution in [0.15, 0.2) is 24.3 Å². The topological polar surface area (TPSA) is 77.5 Å². The van der Waals surface area contributed by atoms with Crippen LogP contribution in [0.25, 0.3) is 0 Å². The molecule has 0 bridgehead atoms. The number of carbonyl (C=O) groups is 1. The molecule has 0 aliphatic heterocycles. The van der Waals surface area contributed by atoms with E-state index in [4.69, 9.17) is 18.3 Å². The Hall–Kier alpha value is -1.03. The number of ether oxygens (including phenoxy) is 2. The zero-order valence-corrected chi connectivity index (χ0v) is 40.4. The monoisotopic (exact) mass is 838 g/mol. The average molecular weight is 838 g/mol. The Bertz CT molecular complexity index is 899. The van der Waals surface area contributed by atoms with Crippen LogP contribution in [0.4, 0.5) is 0 Å². The van der Waals surface area contributed by atoms with Crippen LogP contribution in [0.3, 0.4) is 0 Å². The Labute approximate surface area is 362 Å². The minimum Gasteiger partial charge on any atom is -0.466 e. The molecule has 0 radical (unpaired) electrons. The van der Waals surface area contributed by atoms with Crippen molar-refractivity contribution in [2.45, 2.75) is 246 Å². The number of aliphatic hydroxyl groups excluding tert-OH is 1. The highest BCUT2D eigenvalue weighted by atomic mass is 28.4. The van der Waals surface area contributed by atoms with E-state index in [9.17, 15) is 9.90 Å². The third-order valence-corrected chi connectivity index (χ3v) is 12.7. The van der Waals surface area contributed by atoms with Gasteiger partial charge in [-0.3, -0.25) is 4.79 Å². The van der Waals surface area contributed by atoms with E-state index in [1.807, 2.05) is 0 Å². The summed E-state index contributed by atoms with van der Waals surface area (Å²) in [4.78, 5) is 14.8. The first-order valence-corrected chi connectivity index (χ1v) is 27.9. The standard InChI is InChI=1S/C50H99NO6Si/c1-6-9-12-15-17-18-19-20-21-22-23-24-25-27-31-40-49(53)54-46-39-35-44-51(43-34-36-45-52)42-33-28-30-38-48-56-58(4,5)57-50(41-32-26-14-11-8-3)55-47-37-29-16-13-10-7-2/h17-18,20-21,50,52H,6-16,19,22-48H2,1-5H3/b18-17-,21-20-. The summed E-state index contributed by atoms with van der Waals surface area (Å²) in [5, 5.41) is 9.31. The number of hydrogen-bond acceptors (Lipinski definition) is 7. The van der Waals surface area contributed by atoms with Gasteiger partial charge < -0.3 is 28.3 Å². The van der Waals surface area contributed by atoms with Gasteiger partial charge in [0, 0.05) is 26.2 Å². The fourth-order valence-electron chi connectivity index (χ4n) is 7.21. The number of nitrogens with zero attached hydrogens (tertiary/aromatic N) is 1. The number of allylic oxidation sites excluding steroid dienone is 4. The molecule has 0 saturated heterocycles. The van der Waals surface area contributed by atoms with Crippen molar-refractivity contribution in [1.82, 2.24) is 4.90 Å².